The summed E-state index contributed by atoms with van der Waals surface area (Å²) in [5.41, 5.74) is 2.07. The number of halogens is 2. The van der Waals surface area contributed by atoms with Gasteiger partial charge in [0.15, 0.2) is 12.2 Å². The molecule has 0 amide bonds. The second-order valence-corrected chi connectivity index (χ2v) is 8.91. The summed E-state index contributed by atoms with van der Waals surface area (Å²) >= 11 is 3.49. The molecule has 2 aromatic rings. The predicted octanol–water partition coefficient (Wildman–Crippen LogP) is 5.65. The predicted molar refractivity (Wildman–Crippen MR) is 136 cm³/mol. The van der Waals surface area contributed by atoms with Crippen LogP contribution in [-0.4, -0.2) is 29.7 Å². The van der Waals surface area contributed by atoms with Crippen LogP contribution in [0.5, 0.6) is 0 Å². The number of oxazole rings is 1. The largest absolute Gasteiger partial charge is 0.489 e. The number of nitrogens with one attached hydrogen (secondary N) is 1. The van der Waals surface area contributed by atoms with E-state index in [-0.39, 0.29) is 31.7 Å². The smallest absolute Gasteiger partial charge is 0.181 e. The third kappa shape index (κ3) is 7.02. The minimum absolute atomic E-state index is 0.00567. The lowest BCUT2D eigenvalue weighted by Crippen LogP contribution is -2.32. The Kier molecular flexibility index (Phi) is 8.31. The summed E-state index contributed by atoms with van der Waals surface area (Å²) in [7, 11) is 0. The number of allylic oxidation sites excluding steroid dienone is 3. The van der Waals surface area contributed by atoms with Crippen molar-refractivity contribution in [2.24, 2.45) is 9.98 Å². The highest BCUT2D eigenvalue weighted by Crippen LogP contribution is 2.23. The molecule has 7 nitrogen and oxygen atoms in total. The SMILES string of the molecule is Cc1ncoc1COC1=CC(OCc2ccccc2F)=CC(/C2=N/C/N=C\C(Br)=C/C(C)N2)=CC1. The van der Waals surface area contributed by atoms with Crippen molar-refractivity contribution in [2.75, 3.05) is 6.67 Å². The second-order valence-electron chi connectivity index (χ2n) is 8.00. The van der Waals surface area contributed by atoms with Gasteiger partial charge in [0.1, 0.15) is 43.1 Å². The van der Waals surface area contributed by atoms with Crippen molar-refractivity contribution in [1.82, 2.24) is 10.3 Å². The van der Waals surface area contributed by atoms with Crippen molar-refractivity contribution in [1.29, 1.82) is 0 Å². The Morgan fingerprint density at radius 3 is 2.86 bits per heavy atom. The molecule has 35 heavy (non-hydrogen) atoms. The lowest BCUT2D eigenvalue weighted by Gasteiger charge is -2.15. The molecule has 2 aliphatic rings. The molecule has 0 saturated heterocycles. The van der Waals surface area contributed by atoms with Gasteiger partial charge >= 0.3 is 0 Å². The fourth-order valence-corrected chi connectivity index (χ4v) is 3.97. The number of hydrogen-bond acceptors (Lipinski definition) is 7. The van der Waals surface area contributed by atoms with E-state index in [9.17, 15) is 4.39 Å². The van der Waals surface area contributed by atoms with Gasteiger partial charge in [-0.3, -0.25) is 4.99 Å². The van der Waals surface area contributed by atoms with E-state index in [0.717, 1.165) is 15.7 Å². The molecule has 0 fully saturated rings. The van der Waals surface area contributed by atoms with Crippen LogP contribution in [0.15, 0.2) is 90.9 Å². The van der Waals surface area contributed by atoms with Gasteiger partial charge in [-0.1, -0.05) is 24.3 Å². The Hall–Kier alpha value is -3.46. The topological polar surface area (TPSA) is 81.2 Å². The summed E-state index contributed by atoms with van der Waals surface area (Å²) in [4.78, 5) is 13.0. The minimum Gasteiger partial charge on any atom is -0.489 e. The van der Waals surface area contributed by atoms with E-state index in [2.05, 4.69) is 36.2 Å². The van der Waals surface area contributed by atoms with Gasteiger partial charge in [0, 0.05) is 40.4 Å². The van der Waals surface area contributed by atoms with E-state index in [1.807, 2.05) is 38.2 Å². The highest BCUT2D eigenvalue weighted by atomic mass is 79.9. The number of amidine groups is 1. The van der Waals surface area contributed by atoms with Crippen LogP contribution in [0.1, 0.15) is 30.4 Å². The summed E-state index contributed by atoms with van der Waals surface area (Å²) in [6.07, 6.45) is 11.3. The van der Waals surface area contributed by atoms with Crippen LogP contribution < -0.4 is 5.32 Å². The van der Waals surface area contributed by atoms with E-state index in [4.69, 9.17) is 13.9 Å². The standard InChI is InChI=1S/C26H26BrFN4O3/c1-17-9-21(27)12-29-15-30-26(32-17)19-7-8-22(34-14-25-18(2)31-16-35-25)11-23(10-19)33-13-20-5-3-4-6-24(20)28/h3-7,9-12,16-17H,8,13-15H2,1-2H3,(H,30,32)/b21-9+,29-12-. The first kappa shape index (κ1) is 24.7. The number of aryl methyl sites for hydroxylation is 1. The minimum atomic E-state index is -0.315. The van der Waals surface area contributed by atoms with E-state index >= 15 is 0 Å². The van der Waals surface area contributed by atoms with Crippen molar-refractivity contribution in [2.45, 2.75) is 39.5 Å². The highest BCUT2D eigenvalue weighted by Gasteiger charge is 2.16. The molecule has 1 aromatic heterocycles. The van der Waals surface area contributed by atoms with Crippen LogP contribution >= 0.6 is 15.9 Å². The molecule has 1 aliphatic carbocycles. The number of hydrogen-bond donors (Lipinski definition) is 1. The van der Waals surface area contributed by atoms with Crippen LogP contribution in [0, 0.1) is 12.7 Å². The van der Waals surface area contributed by atoms with E-state index in [0.29, 0.717) is 35.1 Å². The average molecular weight is 541 g/mol. The van der Waals surface area contributed by atoms with Crippen LogP contribution in [-0.2, 0) is 22.7 Å². The molecule has 1 unspecified atom stereocenters. The van der Waals surface area contributed by atoms with Crippen LogP contribution in [0.4, 0.5) is 4.39 Å². The van der Waals surface area contributed by atoms with Crippen molar-refractivity contribution >= 4 is 28.0 Å². The molecule has 1 N–H and O–H groups in total. The number of nitrogens with zero attached hydrogens (tertiary/aromatic N) is 3. The first-order valence-electron chi connectivity index (χ1n) is 11.2. The molecule has 2 heterocycles. The van der Waals surface area contributed by atoms with Crippen LogP contribution in [0.3, 0.4) is 0 Å². The molecule has 0 saturated carbocycles. The second kappa shape index (κ2) is 11.8. The fraction of sp³-hybridized carbons (Fsp3) is 0.269. The first-order chi connectivity index (χ1) is 17.0. The zero-order valence-electron chi connectivity index (χ0n) is 19.5. The molecular weight excluding hydrogens is 515 g/mol. The number of aromatic nitrogens is 1. The summed E-state index contributed by atoms with van der Waals surface area (Å²) in [5, 5.41) is 3.41. The first-order valence-corrected chi connectivity index (χ1v) is 12.0. The lowest BCUT2D eigenvalue weighted by molar-refractivity contribution is 0.166. The quantitative estimate of drug-likeness (QED) is 0.490. The molecule has 4 rings (SSSR count). The maximum Gasteiger partial charge on any atom is 0.181 e. The zero-order chi connectivity index (χ0) is 24.6. The van der Waals surface area contributed by atoms with E-state index in [1.165, 1.54) is 12.5 Å². The van der Waals surface area contributed by atoms with E-state index < -0.39 is 0 Å². The fourth-order valence-electron chi connectivity index (χ4n) is 3.43. The summed E-state index contributed by atoms with van der Waals surface area (Å²) in [6, 6.07) is 6.55. The van der Waals surface area contributed by atoms with Gasteiger partial charge in [-0.25, -0.2) is 14.4 Å². The molecule has 1 aliphatic heterocycles. The molecule has 0 radical (unpaired) electrons. The van der Waals surface area contributed by atoms with Gasteiger partial charge in [-0.2, -0.15) is 0 Å². The van der Waals surface area contributed by atoms with Crippen molar-refractivity contribution in [3.8, 4) is 0 Å². The van der Waals surface area contributed by atoms with Gasteiger partial charge in [0.2, 0.25) is 0 Å². The van der Waals surface area contributed by atoms with Gasteiger partial charge in [-0.15, -0.1) is 0 Å². The lowest BCUT2D eigenvalue weighted by atomic mass is 10.1. The number of benzene rings is 1. The van der Waals surface area contributed by atoms with Crippen molar-refractivity contribution in [3.05, 3.63) is 99.4 Å². The molecule has 0 bridgehead atoms. The molecule has 1 aromatic carbocycles. The Morgan fingerprint density at radius 1 is 1.20 bits per heavy atom. The summed E-state index contributed by atoms with van der Waals surface area (Å²) < 4.78 is 32.5. The number of aliphatic imine (C=N–C) groups is 2. The van der Waals surface area contributed by atoms with Crippen molar-refractivity contribution < 1.29 is 18.3 Å². The molecule has 1 atom stereocenters. The summed E-state index contributed by atoms with van der Waals surface area (Å²) in [6.45, 7) is 4.48. The highest BCUT2D eigenvalue weighted by molar-refractivity contribution is 9.12. The molecule has 0 spiro atoms. The number of rotatable bonds is 7. The Labute approximate surface area is 212 Å². The third-order valence-corrected chi connectivity index (χ3v) is 5.75. The average Bonchev–Trinajstić information content (AvgIpc) is 3.16. The van der Waals surface area contributed by atoms with Gasteiger partial charge < -0.3 is 19.2 Å². The molecule has 9 heteroatoms. The molecule has 182 valence electrons. The zero-order valence-corrected chi connectivity index (χ0v) is 21.1. The Morgan fingerprint density at radius 2 is 2.06 bits per heavy atom. The van der Waals surface area contributed by atoms with Crippen LogP contribution in [0.2, 0.25) is 0 Å². The Bertz CT molecular complexity index is 1240. The van der Waals surface area contributed by atoms with E-state index in [1.54, 1.807) is 24.4 Å². The Balaban J connectivity index is 1.58. The van der Waals surface area contributed by atoms with Gasteiger partial charge in [0.05, 0.1) is 5.69 Å². The summed E-state index contributed by atoms with van der Waals surface area (Å²) in [5.74, 6) is 2.22. The third-order valence-electron chi connectivity index (χ3n) is 5.28. The van der Waals surface area contributed by atoms with Gasteiger partial charge in [-0.05, 0) is 48.0 Å². The van der Waals surface area contributed by atoms with Gasteiger partial charge in [0.25, 0.3) is 0 Å². The maximum absolute atomic E-state index is 14.2. The maximum atomic E-state index is 14.2. The normalized spacial score (nSPS) is 22.3. The molecular formula is C26H26BrFN4O3. The van der Waals surface area contributed by atoms with Crippen molar-refractivity contribution in [3.63, 3.8) is 0 Å². The number of ether oxygens (including phenoxy) is 2. The monoisotopic (exact) mass is 540 g/mol. The van der Waals surface area contributed by atoms with Crippen LogP contribution in [0.25, 0.3) is 0 Å².